The first-order valence-corrected chi connectivity index (χ1v) is 16.3. The Balaban J connectivity index is 1.47. The van der Waals surface area contributed by atoms with Gasteiger partial charge in [0.15, 0.2) is 0 Å². The van der Waals surface area contributed by atoms with Gasteiger partial charge in [-0.2, -0.15) is 0 Å². The molecule has 2 heteroatoms. The van der Waals surface area contributed by atoms with Gasteiger partial charge >= 0.3 is 0 Å². The van der Waals surface area contributed by atoms with Crippen molar-refractivity contribution in [1.29, 1.82) is 0 Å². The molecule has 0 unspecified atom stereocenters. The van der Waals surface area contributed by atoms with E-state index in [9.17, 15) is 0 Å². The highest BCUT2D eigenvalue weighted by atomic mass is 31.1. The average molecular weight is 475 g/mol. The van der Waals surface area contributed by atoms with Crippen molar-refractivity contribution in [3.8, 4) is 0 Å². The molecule has 0 nitrogen and oxygen atoms in total. The van der Waals surface area contributed by atoms with Crippen molar-refractivity contribution in [2.45, 2.75) is 93.8 Å². The predicted molar refractivity (Wildman–Crippen MR) is 150 cm³/mol. The summed E-state index contributed by atoms with van der Waals surface area (Å²) >= 11 is 0. The average Bonchev–Trinajstić information content (AvgIpc) is 3.36. The van der Waals surface area contributed by atoms with E-state index >= 15 is 0 Å². The summed E-state index contributed by atoms with van der Waals surface area (Å²) in [6.45, 7) is 2.55. The van der Waals surface area contributed by atoms with Crippen molar-refractivity contribution in [2.75, 3.05) is 0 Å². The van der Waals surface area contributed by atoms with Crippen molar-refractivity contribution in [3.05, 3.63) is 84.5 Å². The third-order valence-electron chi connectivity index (χ3n) is 8.18. The van der Waals surface area contributed by atoms with Crippen LogP contribution >= 0.6 is 15.8 Å². The molecular weight excluding hydrogens is 434 g/mol. The fourth-order valence-electron chi connectivity index (χ4n) is 6.57. The maximum absolute atomic E-state index is 2.64. The van der Waals surface area contributed by atoms with Gasteiger partial charge in [-0.1, -0.05) is 138 Å². The molecule has 0 bridgehead atoms. The Kier molecular flexibility index (Phi) is 8.18. The quantitative estimate of drug-likeness (QED) is 0.353. The molecule has 174 valence electrons. The lowest BCUT2D eigenvalue weighted by molar-refractivity contribution is 0.483. The summed E-state index contributed by atoms with van der Waals surface area (Å²) in [5.74, 6) is 0. The summed E-state index contributed by atoms with van der Waals surface area (Å²) in [5.41, 5.74) is 5.07. The first kappa shape index (κ1) is 23.5. The summed E-state index contributed by atoms with van der Waals surface area (Å²) in [7, 11) is -0.384. The minimum atomic E-state index is -0.407. The monoisotopic (exact) mass is 474 g/mol. The Morgan fingerprint density at radius 1 is 0.667 bits per heavy atom. The van der Waals surface area contributed by atoms with E-state index in [0.717, 1.165) is 17.0 Å². The third kappa shape index (κ3) is 5.39. The first-order chi connectivity index (χ1) is 16.3. The van der Waals surface area contributed by atoms with Crippen LogP contribution in [-0.4, -0.2) is 22.6 Å². The van der Waals surface area contributed by atoms with E-state index in [4.69, 9.17) is 0 Å². The van der Waals surface area contributed by atoms with Crippen LogP contribution < -0.4 is 10.6 Å². The normalized spacial score (nSPS) is 23.2. The zero-order valence-corrected chi connectivity index (χ0v) is 22.1. The summed E-state index contributed by atoms with van der Waals surface area (Å²) in [6, 6.07) is 22.7. The minimum Gasteiger partial charge on any atom is -0.0890 e. The van der Waals surface area contributed by atoms with Crippen molar-refractivity contribution >= 4 is 26.5 Å². The van der Waals surface area contributed by atoms with E-state index in [-0.39, 0.29) is 7.92 Å². The van der Waals surface area contributed by atoms with E-state index in [1.165, 1.54) is 74.8 Å². The second kappa shape index (κ2) is 11.5. The topological polar surface area (TPSA) is 0 Å². The van der Waals surface area contributed by atoms with Gasteiger partial charge in [-0.25, -0.2) is 0 Å². The summed E-state index contributed by atoms with van der Waals surface area (Å²) in [5, 5.41) is 3.05. The van der Waals surface area contributed by atoms with Gasteiger partial charge in [-0.05, 0) is 55.5 Å². The molecular formula is C31H40P2. The van der Waals surface area contributed by atoms with E-state index in [2.05, 4.69) is 85.8 Å². The van der Waals surface area contributed by atoms with Crippen molar-refractivity contribution in [3.63, 3.8) is 0 Å². The molecule has 2 aromatic carbocycles. The molecule has 2 saturated carbocycles. The lowest BCUT2D eigenvalue weighted by Crippen LogP contribution is -2.30. The van der Waals surface area contributed by atoms with Crippen molar-refractivity contribution < 1.29 is 0 Å². The molecule has 2 fully saturated rings. The molecule has 5 rings (SSSR count). The first-order valence-electron chi connectivity index (χ1n) is 13.4. The highest BCUT2D eigenvalue weighted by Crippen LogP contribution is 2.63. The highest BCUT2D eigenvalue weighted by Gasteiger charge is 2.40. The maximum Gasteiger partial charge on any atom is 0.0197 e. The molecule has 2 atom stereocenters. The van der Waals surface area contributed by atoms with E-state index in [1.54, 1.807) is 5.57 Å². The van der Waals surface area contributed by atoms with E-state index < -0.39 is 7.92 Å². The summed E-state index contributed by atoms with van der Waals surface area (Å²) < 4.78 is 0. The molecule has 33 heavy (non-hydrogen) atoms. The smallest absolute Gasteiger partial charge is 0.0197 e. The minimum absolute atomic E-state index is 0.0228. The van der Waals surface area contributed by atoms with Crippen LogP contribution in [0.3, 0.4) is 0 Å². The van der Waals surface area contributed by atoms with Gasteiger partial charge in [0.25, 0.3) is 0 Å². The molecule has 0 N–H and O–H groups in total. The third-order valence-corrected chi connectivity index (χ3v) is 14.8. The zero-order chi connectivity index (χ0) is 22.5. The largest absolute Gasteiger partial charge is 0.0890 e. The van der Waals surface area contributed by atoms with E-state index in [1.807, 2.05) is 0 Å². The Morgan fingerprint density at radius 3 is 1.64 bits per heavy atom. The van der Waals surface area contributed by atoms with Crippen LogP contribution in [0.15, 0.2) is 84.5 Å². The maximum atomic E-state index is 2.64. The fraction of sp³-hybridized carbons (Fsp3) is 0.484. The van der Waals surface area contributed by atoms with Gasteiger partial charge in [0, 0.05) is 11.3 Å². The van der Waals surface area contributed by atoms with Crippen LogP contribution in [0.4, 0.5) is 0 Å². The second-order valence-corrected chi connectivity index (χ2v) is 15.7. The second-order valence-electron chi connectivity index (χ2n) is 10.2. The number of hydrogen-bond acceptors (Lipinski definition) is 0. The van der Waals surface area contributed by atoms with Crippen LogP contribution in [0.25, 0.3) is 0 Å². The Morgan fingerprint density at radius 2 is 1.15 bits per heavy atom. The van der Waals surface area contributed by atoms with Gasteiger partial charge < -0.3 is 0 Å². The number of benzene rings is 2. The van der Waals surface area contributed by atoms with Gasteiger partial charge in [-0.3, -0.25) is 0 Å². The van der Waals surface area contributed by atoms with Crippen LogP contribution in [0.2, 0.25) is 0 Å². The number of rotatable bonds is 7. The highest BCUT2D eigenvalue weighted by molar-refractivity contribution is 7.74. The van der Waals surface area contributed by atoms with Crippen LogP contribution in [-0.2, 0) is 0 Å². The van der Waals surface area contributed by atoms with Gasteiger partial charge in [0.1, 0.15) is 0 Å². The Bertz CT molecular complexity index is 862. The van der Waals surface area contributed by atoms with E-state index in [0.29, 0.717) is 5.66 Å². The van der Waals surface area contributed by atoms with Crippen LogP contribution in [0.5, 0.6) is 0 Å². The number of hydrogen-bond donors (Lipinski definition) is 0. The molecule has 0 radical (unpaired) electrons. The van der Waals surface area contributed by atoms with Crippen LogP contribution in [0, 0.1) is 0 Å². The standard InChI is InChI=1S/C31H40P2/c1-25(32(26-15-6-2-7-16-26)27-17-8-3-9-18-27)30-23-14-24-31(30)33(28-19-10-4-11-20-28)29-21-12-5-13-22-29/h2-3,6-9,14-18,23-25,28-29,31H,4-5,10-13,19-22H2,1H3/t25-,31+/m1/s1. The van der Waals surface area contributed by atoms with Crippen molar-refractivity contribution in [2.24, 2.45) is 0 Å². The number of allylic oxidation sites excluding steroid dienone is 4. The summed E-state index contributed by atoms with van der Waals surface area (Å²) in [6.07, 6.45) is 22.5. The molecule has 0 heterocycles. The van der Waals surface area contributed by atoms with Gasteiger partial charge in [0.05, 0.1) is 0 Å². The lowest BCUT2D eigenvalue weighted by Gasteiger charge is -2.44. The molecule has 0 aliphatic heterocycles. The van der Waals surface area contributed by atoms with Gasteiger partial charge in [-0.15, -0.1) is 0 Å². The summed E-state index contributed by atoms with van der Waals surface area (Å²) in [4.78, 5) is 0. The molecule has 0 saturated heterocycles. The Labute approximate surface area is 204 Å². The molecule has 3 aliphatic rings. The molecule has 0 spiro atoms. The predicted octanol–water partition coefficient (Wildman–Crippen LogP) is 8.52. The molecule has 0 aromatic heterocycles. The van der Waals surface area contributed by atoms with Gasteiger partial charge in [0.2, 0.25) is 0 Å². The molecule has 0 amide bonds. The molecule has 2 aromatic rings. The Hall–Kier alpha value is -1.22. The SMILES string of the molecule is C[C@H](C1=CC=C[C@@H]1P(C1CCCCC1)C1CCCCC1)P(c1ccccc1)c1ccccc1. The zero-order valence-electron chi connectivity index (χ0n) is 20.3. The lowest BCUT2D eigenvalue weighted by atomic mass is 9.99. The fourth-order valence-corrected chi connectivity index (χ4v) is 13.8. The van der Waals surface area contributed by atoms with Crippen molar-refractivity contribution in [1.82, 2.24) is 0 Å². The van der Waals surface area contributed by atoms with Crippen LogP contribution in [0.1, 0.15) is 71.1 Å². The molecule has 3 aliphatic carbocycles.